The van der Waals surface area contributed by atoms with Gasteiger partial charge in [0.1, 0.15) is 10.8 Å². The Bertz CT molecular complexity index is 420. The van der Waals surface area contributed by atoms with Crippen molar-refractivity contribution >= 4 is 22.4 Å². The van der Waals surface area contributed by atoms with Gasteiger partial charge < -0.3 is 15.6 Å². The minimum atomic E-state index is 0.616. The van der Waals surface area contributed by atoms with Gasteiger partial charge in [-0.1, -0.05) is 0 Å². The maximum absolute atomic E-state index is 5.65. The summed E-state index contributed by atoms with van der Waals surface area (Å²) in [4.78, 5) is 3.97. The molecule has 80 valence electrons. The molecule has 0 aromatic carbocycles. The Hall–Kier alpha value is -1.56. The fourth-order valence-electron chi connectivity index (χ4n) is 1.23. The second-order valence-corrected chi connectivity index (χ2v) is 4.02. The summed E-state index contributed by atoms with van der Waals surface area (Å²) in [6.45, 7) is 3.70. The summed E-state index contributed by atoms with van der Waals surface area (Å²) in [5.41, 5.74) is 6.68. The van der Waals surface area contributed by atoms with Gasteiger partial charge in [0.25, 0.3) is 0 Å². The molecule has 5 nitrogen and oxygen atoms in total. The summed E-state index contributed by atoms with van der Waals surface area (Å²) in [6.07, 6.45) is 5.51. The summed E-state index contributed by atoms with van der Waals surface area (Å²) in [7, 11) is 0. The van der Waals surface area contributed by atoms with E-state index in [0.29, 0.717) is 5.82 Å². The van der Waals surface area contributed by atoms with E-state index in [2.05, 4.69) is 14.7 Å². The molecule has 2 rings (SSSR count). The van der Waals surface area contributed by atoms with Crippen LogP contribution in [0.4, 0.5) is 10.8 Å². The predicted octanol–water partition coefficient (Wildman–Crippen LogP) is 1.34. The van der Waals surface area contributed by atoms with E-state index in [1.165, 1.54) is 11.5 Å². The van der Waals surface area contributed by atoms with Crippen LogP contribution in [0.25, 0.3) is 0 Å². The van der Waals surface area contributed by atoms with Crippen LogP contribution in [-0.4, -0.2) is 20.5 Å². The lowest BCUT2D eigenvalue weighted by Crippen LogP contribution is -2.08. The fraction of sp³-hybridized carbons (Fsp3) is 0.333. The first-order valence-corrected chi connectivity index (χ1v) is 5.46. The quantitative estimate of drug-likeness (QED) is 0.820. The third-order valence-corrected chi connectivity index (χ3v) is 3.10. The number of nitrogen functional groups attached to an aromatic ring is 1. The number of aromatic nitrogens is 3. The van der Waals surface area contributed by atoms with Gasteiger partial charge in [-0.05, 0) is 18.5 Å². The zero-order valence-corrected chi connectivity index (χ0v) is 9.29. The average Bonchev–Trinajstić information content (AvgIpc) is 2.83. The van der Waals surface area contributed by atoms with Crippen molar-refractivity contribution in [1.29, 1.82) is 0 Å². The molecule has 0 atom stereocenters. The van der Waals surface area contributed by atoms with Crippen LogP contribution in [0.15, 0.2) is 18.7 Å². The van der Waals surface area contributed by atoms with Crippen molar-refractivity contribution in [3.63, 3.8) is 0 Å². The van der Waals surface area contributed by atoms with Crippen LogP contribution >= 0.6 is 11.5 Å². The molecule has 2 aromatic heterocycles. The highest BCUT2D eigenvalue weighted by Gasteiger charge is 2.04. The van der Waals surface area contributed by atoms with E-state index in [1.807, 2.05) is 17.7 Å². The smallest absolute Gasteiger partial charge is 0.142 e. The SMILES string of the molecule is Cc1c(N)nsc1NCCn1ccnc1. The Morgan fingerprint density at radius 2 is 2.47 bits per heavy atom. The molecule has 0 bridgehead atoms. The van der Waals surface area contributed by atoms with Crippen LogP contribution in [0.3, 0.4) is 0 Å². The molecular formula is C9H13N5S. The predicted molar refractivity (Wildman–Crippen MR) is 62.0 cm³/mol. The first kappa shape index (κ1) is 9.97. The summed E-state index contributed by atoms with van der Waals surface area (Å²) in [5, 5.41) is 4.35. The third kappa shape index (κ3) is 2.27. The van der Waals surface area contributed by atoms with E-state index < -0.39 is 0 Å². The van der Waals surface area contributed by atoms with Gasteiger partial charge in [-0.2, -0.15) is 4.37 Å². The average molecular weight is 223 g/mol. The first-order chi connectivity index (χ1) is 7.27. The van der Waals surface area contributed by atoms with Gasteiger partial charge in [-0.25, -0.2) is 4.98 Å². The molecule has 6 heteroatoms. The van der Waals surface area contributed by atoms with Gasteiger partial charge >= 0.3 is 0 Å². The Morgan fingerprint density at radius 1 is 1.60 bits per heavy atom. The second kappa shape index (κ2) is 4.31. The number of imidazole rings is 1. The van der Waals surface area contributed by atoms with Crippen LogP contribution in [-0.2, 0) is 6.54 Å². The van der Waals surface area contributed by atoms with E-state index in [9.17, 15) is 0 Å². The zero-order chi connectivity index (χ0) is 10.7. The topological polar surface area (TPSA) is 68.8 Å². The molecule has 2 heterocycles. The Labute approximate surface area is 92.1 Å². The molecule has 0 aliphatic heterocycles. The number of nitrogens with one attached hydrogen (secondary N) is 1. The fourth-order valence-corrected chi connectivity index (χ4v) is 1.97. The molecule has 2 aromatic rings. The monoisotopic (exact) mass is 223 g/mol. The van der Waals surface area contributed by atoms with Crippen LogP contribution in [0.1, 0.15) is 5.56 Å². The van der Waals surface area contributed by atoms with Crippen molar-refractivity contribution in [2.75, 3.05) is 17.6 Å². The molecule has 0 unspecified atom stereocenters. The van der Waals surface area contributed by atoms with Crippen LogP contribution in [0.2, 0.25) is 0 Å². The lowest BCUT2D eigenvalue weighted by atomic mass is 10.3. The minimum Gasteiger partial charge on any atom is -0.383 e. The number of rotatable bonds is 4. The molecule has 0 amide bonds. The minimum absolute atomic E-state index is 0.616. The molecule has 0 saturated carbocycles. The molecule has 0 fully saturated rings. The van der Waals surface area contributed by atoms with Gasteiger partial charge in [0.05, 0.1) is 6.33 Å². The molecule has 3 N–H and O–H groups in total. The van der Waals surface area contributed by atoms with Gasteiger partial charge in [0, 0.05) is 31.0 Å². The number of nitrogens with zero attached hydrogens (tertiary/aromatic N) is 3. The van der Waals surface area contributed by atoms with Crippen molar-refractivity contribution < 1.29 is 0 Å². The number of anilines is 2. The van der Waals surface area contributed by atoms with E-state index >= 15 is 0 Å². The molecule has 0 saturated heterocycles. The maximum atomic E-state index is 5.65. The normalized spacial score (nSPS) is 10.5. The highest BCUT2D eigenvalue weighted by Crippen LogP contribution is 2.24. The van der Waals surface area contributed by atoms with Crippen molar-refractivity contribution in [2.24, 2.45) is 0 Å². The van der Waals surface area contributed by atoms with Gasteiger partial charge in [-0.3, -0.25) is 0 Å². The van der Waals surface area contributed by atoms with E-state index in [4.69, 9.17) is 5.73 Å². The van der Waals surface area contributed by atoms with E-state index in [-0.39, 0.29) is 0 Å². The Balaban J connectivity index is 1.86. The molecule has 0 spiro atoms. The summed E-state index contributed by atoms with van der Waals surface area (Å²) in [5.74, 6) is 0.616. The van der Waals surface area contributed by atoms with Crippen molar-refractivity contribution in [3.05, 3.63) is 24.3 Å². The van der Waals surface area contributed by atoms with E-state index in [1.54, 1.807) is 12.5 Å². The van der Waals surface area contributed by atoms with Gasteiger partial charge in [-0.15, -0.1) is 0 Å². The van der Waals surface area contributed by atoms with Crippen molar-refractivity contribution in [3.8, 4) is 0 Å². The lowest BCUT2D eigenvalue weighted by molar-refractivity contribution is 0.727. The molecule has 15 heavy (non-hydrogen) atoms. The maximum Gasteiger partial charge on any atom is 0.142 e. The van der Waals surface area contributed by atoms with E-state index in [0.717, 1.165) is 23.7 Å². The van der Waals surface area contributed by atoms with Gasteiger partial charge in [0.15, 0.2) is 0 Å². The number of nitrogens with two attached hydrogens (primary N) is 1. The zero-order valence-electron chi connectivity index (χ0n) is 8.47. The summed E-state index contributed by atoms with van der Waals surface area (Å²) < 4.78 is 6.09. The van der Waals surface area contributed by atoms with Crippen LogP contribution < -0.4 is 11.1 Å². The largest absolute Gasteiger partial charge is 0.383 e. The third-order valence-electron chi connectivity index (χ3n) is 2.17. The van der Waals surface area contributed by atoms with Gasteiger partial charge in [0.2, 0.25) is 0 Å². The standard InChI is InChI=1S/C9H13N5S/c1-7-8(10)13-15-9(7)12-3-5-14-4-2-11-6-14/h2,4,6,12H,3,5H2,1H3,(H2,10,13). The highest BCUT2D eigenvalue weighted by molar-refractivity contribution is 7.10. The number of hydrogen-bond donors (Lipinski definition) is 2. The summed E-state index contributed by atoms with van der Waals surface area (Å²) >= 11 is 1.40. The molecule has 0 radical (unpaired) electrons. The molecule has 0 aliphatic rings. The highest BCUT2D eigenvalue weighted by atomic mass is 32.1. The Kier molecular flexibility index (Phi) is 2.86. The van der Waals surface area contributed by atoms with Crippen LogP contribution in [0, 0.1) is 6.92 Å². The molecular weight excluding hydrogens is 210 g/mol. The van der Waals surface area contributed by atoms with Crippen LogP contribution in [0.5, 0.6) is 0 Å². The lowest BCUT2D eigenvalue weighted by Gasteiger charge is -2.04. The summed E-state index contributed by atoms with van der Waals surface area (Å²) in [6, 6.07) is 0. The van der Waals surface area contributed by atoms with Crippen molar-refractivity contribution in [1.82, 2.24) is 13.9 Å². The molecule has 0 aliphatic carbocycles. The second-order valence-electron chi connectivity index (χ2n) is 3.25. The first-order valence-electron chi connectivity index (χ1n) is 4.68. The van der Waals surface area contributed by atoms with Crippen molar-refractivity contribution in [2.45, 2.75) is 13.5 Å². The number of hydrogen-bond acceptors (Lipinski definition) is 5. The Morgan fingerprint density at radius 3 is 3.07 bits per heavy atom.